The standard InChI is InChI=1S/C10H17N3O/c1-13-10(14)11-7-9(12-13)8-5-3-2-4-6-8/h8H,2-7H2,1H3,(H,11,14). The van der Waals surface area contributed by atoms with E-state index in [0.29, 0.717) is 12.5 Å². The Kier molecular flexibility index (Phi) is 2.70. The number of hydrogen-bond acceptors (Lipinski definition) is 2. The molecule has 0 aromatic carbocycles. The van der Waals surface area contributed by atoms with Crippen LogP contribution in [0.5, 0.6) is 0 Å². The van der Waals surface area contributed by atoms with E-state index in [4.69, 9.17) is 0 Å². The van der Waals surface area contributed by atoms with Gasteiger partial charge in [0.2, 0.25) is 0 Å². The van der Waals surface area contributed by atoms with Gasteiger partial charge in [-0.3, -0.25) is 0 Å². The van der Waals surface area contributed by atoms with E-state index in [2.05, 4.69) is 10.4 Å². The number of nitrogens with zero attached hydrogens (tertiary/aromatic N) is 2. The number of carbonyl (C=O) groups excluding carboxylic acids is 1. The molecule has 0 spiro atoms. The number of hydrazone groups is 1. The summed E-state index contributed by atoms with van der Waals surface area (Å²) in [6.07, 6.45) is 6.44. The minimum absolute atomic E-state index is 0.0930. The van der Waals surface area contributed by atoms with Crippen LogP contribution in [0.25, 0.3) is 0 Å². The van der Waals surface area contributed by atoms with Crippen LogP contribution in [-0.4, -0.2) is 30.3 Å². The van der Waals surface area contributed by atoms with Crippen LogP contribution in [-0.2, 0) is 0 Å². The van der Waals surface area contributed by atoms with E-state index >= 15 is 0 Å². The molecule has 0 unspecified atom stereocenters. The van der Waals surface area contributed by atoms with Crippen molar-refractivity contribution in [3.63, 3.8) is 0 Å². The first kappa shape index (κ1) is 9.49. The zero-order chi connectivity index (χ0) is 9.97. The highest BCUT2D eigenvalue weighted by Gasteiger charge is 2.24. The van der Waals surface area contributed by atoms with E-state index in [1.807, 2.05) is 0 Å². The highest BCUT2D eigenvalue weighted by Crippen LogP contribution is 2.25. The molecule has 1 fully saturated rings. The van der Waals surface area contributed by atoms with Crippen LogP contribution in [0.4, 0.5) is 4.79 Å². The van der Waals surface area contributed by atoms with Crippen molar-refractivity contribution in [1.29, 1.82) is 0 Å². The van der Waals surface area contributed by atoms with Crippen LogP contribution < -0.4 is 5.32 Å². The Bertz CT molecular complexity index is 256. The number of urea groups is 1. The van der Waals surface area contributed by atoms with E-state index in [-0.39, 0.29) is 6.03 Å². The molecule has 4 heteroatoms. The monoisotopic (exact) mass is 195 g/mol. The lowest BCUT2D eigenvalue weighted by molar-refractivity contribution is 0.208. The van der Waals surface area contributed by atoms with Gasteiger partial charge in [0.15, 0.2) is 0 Å². The quantitative estimate of drug-likeness (QED) is 0.678. The molecule has 0 bridgehead atoms. The van der Waals surface area contributed by atoms with Crippen molar-refractivity contribution in [3.8, 4) is 0 Å². The second kappa shape index (κ2) is 3.98. The number of amides is 2. The van der Waals surface area contributed by atoms with Crippen LogP contribution in [0.15, 0.2) is 5.10 Å². The van der Waals surface area contributed by atoms with E-state index in [9.17, 15) is 4.79 Å². The maximum absolute atomic E-state index is 11.1. The van der Waals surface area contributed by atoms with Crippen molar-refractivity contribution >= 4 is 11.7 Å². The van der Waals surface area contributed by atoms with E-state index in [1.165, 1.54) is 37.1 Å². The first-order chi connectivity index (χ1) is 6.77. The lowest BCUT2D eigenvalue weighted by atomic mass is 9.85. The molecule has 1 N–H and O–H groups in total. The fraction of sp³-hybridized carbons (Fsp3) is 0.800. The smallest absolute Gasteiger partial charge is 0.331 e. The summed E-state index contributed by atoms with van der Waals surface area (Å²) in [5.41, 5.74) is 1.16. The Labute approximate surface area is 84.3 Å². The summed E-state index contributed by atoms with van der Waals surface area (Å²) in [6, 6.07) is -0.0930. The molecule has 0 aromatic heterocycles. The van der Waals surface area contributed by atoms with Crippen LogP contribution >= 0.6 is 0 Å². The van der Waals surface area contributed by atoms with Gasteiger partial charge in [0.05, 0.1) is 12.3 Å². The zero-order valence-corrected chi connectivity index (χ0v) is 8.62. The highest BCUT2D eigenvalue weighted by molar-refractivity contribution is 5.94. The topological polar surface area (TPSA) is 44.7 Å². The number of carbonyl (C=O) groups is 1. The summed E-state index contributed by atoms with van der Waals surface area (Å²) in [7, 11) is 1.71. The molecule has 1 saturated carbocycles. The zero-order valence-electron chi connectivity index (χ0n) is 8.62. The largest absolute Gasteiger partial charge is 0.337 e. The first-order valence-corrected chi connectivity index (χ1v) is 5.36. The molecule has 2 aliphatic rings. The Morgan fingerprint density at radius 3 is 2.71 bits per heavy atom. The molecule has 78 valence electrons. The lowest BCUT2D eigenvalue weighted by Gasteiger charge is -2.28. The Balaban J connectivity index is 2.02. The highest BCUT2D eigenvalue weighted by atomic mass is 16.2. The molecular formula is C10H17N3O. The normalized spacial score (nSPS) is 24.5. The van der Waals surface area contributed by atoms with Gasteiger partial charge < -0.3 is 5.32 Å². The van der Waals surface area contributed by atoms with Gasteiger partial charge in [-0.15, -0.1) is 0 Å². The molecule has 1 aliphatic heterocycles. The van der Waals surface area contributed by atoms with E-state index in [0.717, 1.165) is 5.71 Å². The van der Waals surface area contributed by atoms with Crippen LogP contribution in [0.2, 0.25) is 0 Å². The summed E-state index contributed by atoms with van der Waals surface area (Å²) in [6.45, 7) is 0.647. The number of hydrogen-bond donors (Lipinski definition) is 1. The van der Waals surface area contributed by atoms with Gasteiger partial charge >= 0.3 is 6.03 Å². The third kappa shape index (κ3) is 1.89. The lowest BCUT2D eigenvalue weighted by Crippen LogP contribution is -2.45. The molecule has 14 heavy (non-hydrogen) atoms. The van der Waals surface area contributed by atoms with Crippen molar-refractivity contribution < 1.29 is 4.79 Å². The maximum atomic E-state index is 11.1. The Hall–Kier alpha value is -1.06. The second-order valence-electron chi connectivity index (χ2n) is 4.11. The molecule has 1 aliphatic carbocycles. The van der Waals surface area contributed by atoms with Crippen LogP contribution in [0.1, 0.15) is 32.1 Å². The molecule has 0 saturated heterocycles. The van der Waals surface area contributed by atoms with Crippen LogP contribution in [0.3, 0.4) is 0 Å². The van der Waals surface area contributed by atoms with Crippen molar-refractivity contribution in [2.24, 2.45) is 11.0 Å². The van der Waals surface area contributed by atoms with Gasteiger partial charge in [-0.1, -0.05) is 19.3 Å². The van der Waals surface area contributed by atoms with E-state index < -0.39 is 0 Å². The molecule has 2 amide bonds. The molecule has 0 atom stereocenters. The van der Waals surface area contributed by atoms with Gasteiger partial charge in [0, 0.05) is 13.0 Å². The molecule has 1 heterocycles. The van der Waals surface area contributed by atoms with Crippen molar-refractivity contribution in [2.75, 3.05) is 13.6 Å². The van der Waals surface area contributed by atoms with Crippen LogP contribution in [0, 0.1) is 5.92 Å². The van der Waals surface area contributed by atoms with Crippen molar-refractivity contribution in [3.05, 3.63) is 0 Å². The predicted molar refractivity (Wildman–Crippen MR) is 55.2 cm³/mol. The number of nitrogens with one attached hydrogen (secondary N) is 1. The summed E-state index contributed by atoms with van der Waals surface area (Å²) in [5, 5.41) is 8.57. The van der Waals surface area contributed by atoms with Gasteiger partial charge in [-0.05, 0) is 12.8 Å². The molecular weight excluding hydrogens is 178 g/mol. The minimum atomic E-state index is -0.0930. The van der Waals surface area contributed by atoms with Gasteiger partial charge in [-0.2, -0.15) is 5.10 Å². The second-order valence-corrected chi connectivity index (χ2v) is 4.11. The average Bonchev–Trinajstić information content (AvgIpc) is 2.23. The SMILES string of the molecule is CN1N=C(C2CCCCC2)CNC1=O. The summed E-state index contributed by atoms with van der Waals surface area (Å²) >= 11 is 0. The third-order valence-electron chi connectivity index (χ3n) is 3.07. The van der Waals surface area contributed by atoms with E-state index in [1.54, 1.807) is 7.05 Å². The molecule has 0 radical (unpaired) electrons. The predicted octanol–water partition coefficient (Wildman–Crippen LogP) is 1.58. The maximum Gasteiger partial charge on any atom is 0.337 e. The molecule has 2 rings (SSSR count). The number of rotatable bonds is 1. The van der Waals surface area contributed by atoms with Crippen molar-refractivity contribution in [2.45, 2.75) is 32.1 Å². The minimum Gasteiger partial charge on any atom is -0.331 e. The molecule has 4 nitrogen and oxygen atoms in total. The average molecular weight is 195 g/mol. The fourth-order valence-electron chi connectivity index (χ4n) is 2.22. The van der Waals surface area contributed by atoms with Crippen molar-refractivity contribution in [1.82, 2.24) is 10.3 Å². The first-order valence-electron chi connectivity index (χ1n) is 5.36. The Morgan fingerprint density at radius 2 is 2.07 bits per heavy atom. The van der Waals surface area contributed by atoms with Gasteiger partial charge in [0.1, 0.15) is 0 Å². The fourth-order valence-corrected chi connectivity index (χ4v) is 2.22. The van der Waals surface area contributed by atoms with Gasteiger partial charge in [0.25, 0.3) is 0 Å². The summed E-state index contributed by atoms with van der Waals surface area (Å²) in [4.78, 5) is 11.1. The third-order valence-corrected chi connectivity index (χ3v) is 3.07. The van der Waals surface area contributed by atoms with Gasteiger partial charge in [-0.25, -0.2) is 9.80 Å². The summed E-state index contributed by atoms with van der Waals surface area (Å²) < 4.78 is 0. The Morgan fingerprint density at radius 1 is 1.36 bits per heavy atom. The summed E-state index contributed by atoms with van der Waals surface area (Å²) in [5.74, 6) is 0.604. The molecule has 0 aromatic rings.